The zero-order chi connectivity index (χ0) is 23.7. The summed E-state index contributed by atoms with van der Waals surface area (Å²) in [5.74, 6) is -1.06. The van der Waals surface area contributed by atoms with Crippen LogP contribution in [0.2, 0.25) is 5.02 Å². The van der Waals surface area contributed by atoms with E-state index in [9.17, 15) is 30.0 Å². The van der Waals surface area contributed by atoms with Crippen molar-refractivity contribution in [2.24, 2.45) is 4.40 Å². The van der Waals surface area contributed by atoms with Gasteiger partial charge in [-0.15, -0.1) is 0 Å². The monoisotopic (exact) mass is 514 g/mol. The van der Waals surface area contributed by atoms with Crippen LogP contribution in [-0.2, 0) is 34.7 Å². The summed E-state index contributed by atoms with van der Waals surface area (Å²) >= 11 is 5.77. The zero-order valence-corrected chi connectivity index (χ0v) is 19.5. The first-order valence-corrected chi connectivity index (χ1v) is 13.9. The van der Waals surface area contributed by atoms with Crippen LogP contribution in [-0.4, -0.2) is 43.0 Å². The maximum Gasteiger partial charge on any atom is 0.261 e. The Hall–Kier alpha value is -2.80. The number of carbonyl (C=O) groups is 1. The van der Waals surface area contributed by atoms with Crippen LogP contribution in [0.4, 0.5) is 0 Å². The molecule has 0 bridgehead atoms. The Kier molecular flexibility index (Phi) is 6.43. The largest absolute Gasteiger partial charge is 0.288 e. The van der Waals surface area contributed by atoms with Crippen LogP contribution in [0, 0.1) is 0 Å². The summed E-state index contributed by atoms with van der Waals surface area (Å²) in [7, 11) is -12.7. The molecule has 1 aliphatic carbocycles. The lowest BCUT2D eigenvalue weighted by molar-refractivity contribution is -0.110. The van der Waals surface area contributed by atoms with Crippen LogP contribution in [0.3, 0.4) is 0 Å². The second-order valence-electron chi connectivity index (χ2n) is 6.52. The molecule has 2 aromatic carbocycles. The number of rotatable bonds is 6. The third-order valence-electron chi connectivity index (χ3n) is 4.04. The molecule has 3 rings (SSSR count). The van der Waals surface area contributed by atoms with E-state index in [2.05, 4.69) is 9.12 Å². The molecule has 0 aliphatic heterocycles. The fourth-order valence-corrected chi connectivity index (χ4v) is 5.70. The SMILES string of the molecule is CS(=O)(=O)/N=C1/C=C(S(=O)(=O)c2ccc(Cl)cc2)C(=O)C=C1NS(=O)(=O)c1ccccc1. The number of nitrogens with zero attached hydrogens (tertiary/aromatic N) is 1. The predicted molar refractivity (Wildman–Crippen MR) is 119 cm³/mol. The van der Waals surface area contributed by atoms with Crippen molar-refractivity contribution in [3.8, 4) is 0 Å². The molecule has 0 unspecified atom stereocenters. The first kappa shape index (κ1) is 23.9. The number of benzene rings is 2. The quantitative estimate of drug-likeness (QED) is 0.579. The number of hydrogen-bond donors (Lipinski definition) is 1. The molecule has 32 heavy (non-hydrogen) atoms. The van der Waals surface area contributed by atoms with Crippen LogP contribution in [0.5, 0.6) is 0 Å². The number of allylic oxidation sites excluding steroid dienone is 3. The number of sulfone groups is 1. The van der Waals surface area contributed by atoms with E-state index in [1.165, 1.54) is 48.5 Å². The number of hydrogen-bond acceptors (Lipinski definition) is 7. The zero-order valence-electron chi connectivity index (χ0n) is 16.3. The summed E-state index contributed by atoms with van der Waals surface area (Å²) in [5, 5.41) is 0.268. The summed E-state index contributed by atoms with van der Waals surface area (Å²) < 4.78 is 80.1. The predicted octanol–water partition coefficient (Wildman–Crippen LogP) is 1.84. The van der Waals surface area contributed by atoms with Gasteiger partial charge in [-0.2, -0.15) is 4.40 Å². The van der Waals surface area contributed by atoms with Gasteiger partial charge >= 0.3 is 0 Å². The van der Waals surface area contributed by atoms with Crippen molar-refractivity contribution in [1.29, 1.82) is 0 Å². The molecular formula is C19H15ClN2O7S3. The van der Waals surface area contributed by atoms with Crippen molar-refractivity contribution in [1.82, 2.24) is 4.72 Å². The van der Waals surface area contributed by atoms with E-state index in [0.29, 0.717) is 6.08 Å². The van der Waals surface area contributed by atoms with Gasteiger partial charge in [0.2, 0.25) is 9.84 Å². The fraction of sp³-hybridized carbons (Fsp3) is 0.0526. The van der Waals surface area contributed by atoms with Crippen LogP contribution >= 0.6 is 11.6 Å². The molecule has 0 atom stereocenters. The second kappa shape index (κ2) is 8.62. The molecule has 2 aromatic rings. The Morgan fingerprint density at radius 3 is 1.97 bits per heavy atom. The molecule has 0 heterocycles. The highest BCUT2D eigenvalue weighted by Gasteiger charge is 2.32. The van der Waals surface area contributed by atoms with E-state index in [0.717, 1.165) is 12.3 Å². The van der Waals surface area contributed by atoms with Crippen molar-refractivity contribution >= 4 is 53.0 Å². The van der Waals surface area contributed by atoms with Gasteiger partial charge in [0, 0.05) is 11.1 Å². The summed E-state index contributed by atoms with van der Waals surface area (Å²) in [6, 6.07) is 12.1. The van der Waals surface area contributed by atoms with Gasteiger partial charge in [-0.3, -0.25) is 9.52 Å². The number of ketones is 1. The summed E-state index contributed by atoms with van der Waals surface area (Å²) in [4.78, 5) is 11.4. The molecule has 9 nitrogen and oxygen atoms in total. The second-order valence-corrected chi connectivity index (χ2v) is 12.2. The first-order chi connectivity index (χ1) is 14.8. The van der Waals surface area contributed by atoms with Gasteiger partial charge in [-0.1, -0.05) is 29.8 Å². The van der Waals surface area contributed by atoms with Gasteiger partial charge in [0.1, 0.15) is 10.6 Å². The molecule has 0 saturated carbocycles. The number of sulfonamides is 2. The van der Waals surface area contributed by atoms with Crippen LogP contribution in [0.1, 0.15) is 0 Å². The van der Waals surface area contributed by atoms with E-state index in [4.69, 9.17) is 11.6 Å². The van der Waals surface area contributed by atoms with E-state index in [1.54, 1.807) is 6.07 Å². The molecule has 0 radical (unpaired) electrons. The third-order valence-corrected chi connectivity index (χ3v) is 7.99. The van der Waals surface area contributed by atoms with Crippen LogP contribution < -0.4 is 4.72 Å². The standard InChI is InChI=1S/C19H15ClN2O7S3/c1-30(24,25)21-17-12-19(31(26,27)14-9-7-13(20)8-10-14)18(23)11-16(17)22-32(28,29)15-5-3-2-4-6-15/h2-12,22H,1H3/b21-17-. The molecule has 1 aliphatic rings. The number of halogens is 1. The van der Waals surface area contributed by atoms with Gasteiger partial charge < -0.3 is 0 Å². The van der Waals surface area contributed by atoms with Crippen molar-refractivity contribution < 1.29 is 30.0 Å². The summed E-state index contributed by atoms with van der Waals surface area (Å²) in [6.45, 7) is 0. The molecular weight excluding hydrogens is 500 g/mol. The van der Waals surface area contributed by atoms with E-state index in [-0.39, 0.29) is 14.8 Å². The third kappa shape index (κ3) is 5.33. The van der Waals surface area contributed by atoms with Gasteiger partial charge in [-0.05, 0) is 42.5 Å². The maximum atomic E-state index is 12.9. The van der Waals surface area contributed by atoms with Crippen molar-refractivity contribution in [2.75, 3.05) is 6.26 Å². The summed E-state index contributed by atoms with van der Waals surface area (Å²) in [5.41, 5.74) is -1.04. The highest BCUT2D eigenvalue weighted by Crippen LogP contribution is 2.26. The number of nitrogens with one attached hydrogen (secondary N) is 1. The van der Waals surface area contributed by atoms with Crippen LogP contribution in [0.15, 0.2) is 91.5 Å². The highest BCUT2D eigenvalue weighted by molar-refractivity contribution is 7.96. The minimum atomic E-state index is -4.38. The Morgan fingerprint density at radius 2 is 1.41 bits per heavy atom. The lowest BCUT2D eigenvalue weighted by atomic mass is 10.1. The van der Waals surface area contributed by atoms with E-state index >= 15 is 0 Å². The molecule has 0 saturated heterocycles. The van der Waals surface area contributed by atoms with E-state index < -0.39 is 52.0 Å². The molecule has 0 aromatic heterocycles. The minimum absolute atomic E-state index is 0.157. The lowest BCUT2D eigenvalue weighted by Gasteiger charge is -2.17. The van der Waals surface area contributed by atoms with Crippen molar-refractivity contribution in [3.63, 3.8) is 0 Å². The normalized spacial score (nSPS) is 16.4. The van der Waals surface area contributed by atoms with Gasteiger partial charge in [-0.25, -0.2) is 25.3 Å². The Labute approximate surface area is 190 Å². The molecule has 0 fully saturated rings. The van der Waals surface area contributed by atoms with Crippen molar-refractivity contribution in [2.45, 2.75) is 9.79 Å². The smallest absolute Gasteiger partial charge is 0.261 e. The lowest BCUT2D eigenvalue weighted by Crippen LogP contribution is -2.31. The molecule has 0 spiro atoms. The van der Waals surface area contributed by atoms with Gasteiger partial charge in [0.25, 0.3) is 20.0 Å². The van der Waals surface area contributed by atoms with Gasteiger partial charge in [0.05, 0.1) is 21.7 Å². The minimum Gasteiger partial charge on any atom is -0.288 e. The molecule has 1 N–H and O–H groups in total. The Morgan fingerprint density at radius 1 is 0.812 bits per heavy atom. The maximum absolute atomic E-state index is 12.9. The fourth-order valence-electron chi connectivity index (χ4n) is 2.64. The van der Waals surface area contributed by atoms with Crippen molar-refractivity contribution in [3.05, 3.63) is 82.4 Å². The Balaban J connectivity index is 2.10. The average Bonchev–Trinajstić information content (AvgIpc) is 2.69. The van der Waals surface area contributed by atoms with E-state index in [1.807, 2.05) is 0 Å². The highest BCUT2D eigenvalue weighted by atomic mass is 35.5. The topological polar surface area (TPSA) is 144 Å². The molecule has 168 valence electrons. The average molecular weight is 515 g/mol. The molecule has 13 heteroatoms. The number of carbonyl (C=O) groups excluding carboxylic acids is 1. The summed E-state index contributed by atoms with van der Waals surface area (Å²) in [6.07, 6.45) is 2.13. The Bertz CT molecular complexity index is 1490. The van der Waals surface area contributed by atoms with Gasteiger partial charge in [0.15, 0.2) is 5.78 Å². The molecule has 0 amide bonds. The van der Waals surface area contributed by atoms with Crippen LogP contribution in [0.25, 0.3) is 0 Å². The first-order valence-electron chi connectivity index (χ1n) is 8.66.